The van der Waals surface area contributed by atoms with Gasteiger partial charge in [-0.2, -0.15) is 10.4 Å². The number of H-pyrrole nitrogens is 1. The highest BCUT2D eigenvalue weighted by molar-refractivity contribution is 7.92. The summed E-state index contributed by atoms with van der Waals surface area (Å²) in [6.45, 7) is 10.3. The topological polar surface area (TPSA) is 156 Å². The minimum absolute atomic E-state index is 0.0207. The molecule has 2 N–H and O–H groups in total. The Morgan fingerprint density at radius 1 is 1.23 bits per heavy atom. The van der Waals surface area contributed by atoms with Crippen molar-refractivity contribution in [1.29, 1.82) is 5.26 Å². The van der Waals surface area contributed by atoms with Crippen LogP contribution in [0.3, 0.4) is 0 Å². The van der Waals surface area contributed by atoms with E-state index in [2.05, 4.69) is 16.4 Å². The second-order valence-corrected chi connectivity index (χ2v) is 14.7. The third kappa shape index (κ3) is 5.62. The molecule has 1 aliphatic rings. The van der Waals surface area contributed by atoms with E-state index >= 15 is 0 Å². The molecule has 0 aliphatic carbocycles. The van der Waals surface area contributed by atoms with Gasteiger partial charge in [-0.25, -0.2) is 13.2 Å². The number of carbonyl (C=O) groups is 1. The fraction of sp³-hybridized carbons (Fsp3) is 0.500. The molecule has 11 nitrogen and oxygen atoms in total. The fourth-order valence-corrected chi connectivity index (χ4v) is 5.83. The number of aromatic nitrogens is 3. The van der Waals surface area contributed by atoms with Gasteiger partial charge < -0.3 is 19.8 Å². The van der Waals surface area contributed by atoms with Crippen molar-refractivity contribution in [1.82, 2.24) is 14.8 Å². The molecule has 1 saturated heterocycles. The average Bonchev–Trinajstić information content (AvgIpc) is 3.23. The molecule has 0 radical (unpaired) electrons. The third-order valence-electron chi connectivity index (χ3n) is 6.79. The minimum Gasteiger partial charge on any atom is -0.458 e. The number of ether oxygens (including phenoxy) is 2. The summed E-state index contributed by atoms with van der Waals surface area (Å²) >= 11 is 0. The van der Waals surface area contributed by atoms with Crippen molar-refractivity contribution in [3.8, 4) is 6.07 Å². The quantitative estimate of drug-likeness (QED) is 0.416. The van der Waals surface area contributed by atoms with Crippen LogP contribution in [0.2, 0.25) is 0 Å². The van der Waals surface area contributed by atoms with E-state index in [0.717, 1.165) is 0 Å². The number of nitrogens with zero attached hydrogens (tertiary/aromatic N) is 3. The van der Waals surface area contributed by atoms with Gasteiger partial charge in [0, 0.05) is 11.9 Å². The second-order valence-electron chi connectivity index (χ2n) is 12.0. The van der Waals surface area contributed by atoms with Gasteiger partial charge in [0.15, 0.2) is 21.8 Å². The van der Waals surface area contributed by atoms with E-state index in [1.165, 1.54) is 18.3 Å². The Bertz CT molecular complexity index is 1610. The molecule has 40 heavy (non-hydrogen) atoms. The molecule has 1 aromatic carbocycles. The summed E-state index contributed by atoms with van der Waals surface area (Å²) in [5, 5.41) is 17.8. The molecule has 0 amide bonds. The summed E-state index contributed by atoms with van der Waals surface area (Å²) < 4.78 is 37.7. The molecule has 2 unspecified atom stereocenters. The first-order valence-electron chi connectivity index (χ1n) is 13.0. The molecular formula is C28H35N5O6S. The van der Waals surface area contributed by atoms with E-state index in [9.17, 15) is 23.3 Å². The number of aromatic amines is 1. The van der Waals surface area contributed by atoms with Crippen LogP contribution in [0, 0.1) is 11.3 Å². The number of nitrogens with one attached hydrogen (secondary N) is 2. The summed E-state index contributed by atoms with van der Waals surface area (Å²) in [5.74, 6) is -0.214. The zero-order valence-electron chi connectivity index (χ0n) is 23.6. The van der Waals surface area contributed by atoms with Crippen LogP contribution in [-0.4, -0.2) is 52.2 Å². The number of hydrogen-bond acceptors (Lipinski definition) is 9. The van der Waals surface area contributed by atoms with Crippen molar-refractivity contribution in [2.75, 3.05) is 11.9 Å². The standard InChI is InChI=1S/C28H35N5O6S/c1-26(2,3)39-25(35)21-11-13-28(14-15-29,17-38-21)33-20-12-16-30-24(34)22(20)23(32-33)31-18-7-9-19(10-8-18)40(36,37)27(4,5)6/h7-10,12,16,21H,11,13-14,17H2,1-6H3,(H,30,34)(H,31,32). The number of hydrogen-bond donors (Lipinski definition) is 2. The Labute approximate surface area is 233 Å². The lowest BCUT2D eigenvalue weighted by Crippen LogP contribution is -2.47. The van der Waals surface area contributed by atoms with Crippen LogP contribution in [0.1, 0.15) is 60.8 Å². The molecule has 1 aliphatic heterocycles. The number of benzene rings is 1. The summed E-state index contributed by atoms with van der Waals surface area (Å²) in [4.78, 5) is 28.4. The van der Waals surface area contributed by atoms with Crippen molar-refractivity contribution >= 4 is 38.2 Å². The van der Waals surface area contributed by atoms with Gasteiger partial charge in [-0.1, -0.05) is 0 Å². The number of pyridine rings is 1. The largest absolute Gasteiger partial charge is 0.458 e. The molecule has 0 bridgehead atoms. The van der Waals surface area contributed by atoms with Crippen molar-refractivity contribution < 1.29 is 22.7 Å². The predicted molar refractivity (Wildman–Crippen MR) is 150 cm³/mol. The Morgan fingerprint density at radius 2 is 1.90 bits per heavy atom. The first-order valence-corrected chi connectivity index (χ1v) is 14.5. The van der Waals surface area contributed by atoms with Gasteiger partial charge in [-0.05, 0) is 84.7 Å². The summed E-state index contributed by atoms with van der Waals surface area (Å²) in [6.07, 6.45) is 1.49. The van der Waals surface area contributed by atoms with Gasteiger partial charge in [0.25, 0.3) is 5.56 Å². The number of sulfone groups is 1. The smallest absolute Gasteiger partial charge is 0.335 e. The third-order valence-corrected chi connectivity index (χ3v) is 9.29. The van der Waals surface area contributed by atoms with Crippen LogP contribution >= 0.6 is 0 Å². The van der Waals surface area contributed by atoms with E-state index < -0.39 is 37.8 Å². The van der Waals surface area contributed by atoms with Gasteiger partial charge in [-0.15, -0.1) is 0 Å². The Balaban J connectivity index is 1.69. The van der Waals surface area contributed by atoms with Crippen molar-refractivity contribution in [2.45, 2.75) is 87.7 Å². The van der Waals surface area contributed by atoms with Gasteiger partial charge in [0.1, 0.15) is 11.0 Å². The number of carbonyl (C=O) groups excluding carboxylic acids is 1. The van der Waals surface area contributed by atoms with Crippen LogP contribution in [0.4, 0.5) is 11.5 Å². The van der Waals surface area contributed by atoms with Crippen LogP contribution in [0.25, 0.3) is 10.9 Å². The van der Waals surface area contributed by atoms with E-state index in [1.807, 2.05) is 0 Å². The predicted octanol–water partition coefficient (Wildman–Crippen LogP) is 4.17. The fourth-order valence-electron chi connectivity index (χ4n) is 4.63. The molecule has 214 valence electrons. The molecular weight excluding hydrogens is 534 g/mol. The first-order chi connectivity index (χ1) is 18.6. The maximum atomic E-state index is 12.9. The molecule has 0 saturated carbocycles. The highest BCUT2D eigenvalue weighted by Gasteiger charge is 2.43. The Morgan fingerprint density at radius 3 is 2.45 bits per heavy atom. The second kappa shape index (κ2) is 10.4. The zero-order chi connectivity index (χ0) is 29.5. The highest BCUT2D eigenvalue weighted by Crippen LogP contribution is 2.37. The van der Waals surface area contributed by atoms with Crippen LogP contribution in [0.15, 0.2) is 46.2 Å². The molecule has 3 aromatic rings. The number of rotatable bonds is 6. The monoisotopic (exact) mass is 569 g/mol. The normalized spacial score (nSPS) is 20.2. The number of esters is 1. The van der Waals surface area contributed by atoms with Gasteiger partial charge in [0.2, 0.25) is 0 Å². The maximum Gasteiger partial charge on any atom is 0.335 e. The minimum atomic E-state index is -3.53. The van der Waals surface area contributed by atoms with Crippen LogP contribution in [-0.2, 0) is 29.6 Å². The molecule has 12 heteroatoms. The van der Waals surface area contributed by atoms with Gasteiger partial charge >= 0.3 is 5.97 Å². The zero-order valence-corrected chi connectivity index (χ0v) is 24.4. The lowest BCUT2D eigenvalue weighted by molar-refractivity contribution is -0.176. The maximum absolute atomic E-state index is 12.9. The summed E-state index contributed by atoms with van der Waals surface area (Å²) in [6, 6.07) is 10.2. The van der Waals surface area contributed by atoms with E-state index in [1.54, 1.807) is 64.4 Å². The molecule has 2 aromatic heterocycles. The first kappa shape index (κ1) is 29.3. The average molecular weight is 570 g/mol. The Hall–Kier alpha value is -3.69. The number of fused-ring (bicyclic) bond motifs is 1. The van der Waals surface area contributed by atoms with Gasteiger partial charge in [-0.3, -0.25) is 9.48 Å². The molecule has 0 spiro atoms. The van der Waals surface area contributed by atoms with E-state index in [-0.39, 0.29) is 34.7 Å². The van der Waals surface area contributed by atoms with E-state index in [0.29, 0.717) is 24.0 Å². The lowest BCUT2D eigenvalue weighted by Gasteiger charge is -2.39. The van der Waals surface area contributed by atoms with Crippen LogP contribution < -0.4 is 10.9 Å². The van der Waals surface area contributed by atoms with Crippen LogP contribution in [0.5, 0.6) is 0 Å². The highest BCUT2D eigenvalue weighted by atomic mass is 32.2. The molecule has 3 heterocycles. The van der Waals surface area contributed by atoms with E-state index in [4.69, 9.17) is 14.6 Å². The molecule has 2 atom stereocenters. The molecule has 1 fully saturated rings. The van der Waals surface area contributed by atoms with Gasteiger partial charge in [0.05, 0.1) is 39.8 Å². The lowest BCUT2D eigenvalue weighted by atomic mass is 9.87. The number of anilines is 2. The Kier molecular flexibility index (Phi) is 7.60. The summed E-state index contributed by atoms with van der Waals surface area (Å²) in [7, 11) is -3.53. The van der Waals surface area contributed by atoms with Crippen molar-refractivity contribution in [2.24, 2.45) is 0 Å². The number of nitriles is 1. The van der Waals surface area contributed by atoms with Crippen molar-refractivity contribution in [3.63, 3.8) is 0 Å². The SMILES string of the molecule is CC(C)(C)OC(=O)C1CCC(CC#N)(n2nc(Nc3ccc(S(=O)(=O)C(C)(C)C)cc3)c3c(=O)[nH]ccc32)CO1. The summed E-state index contributed by atoms with van der Waals surface area (Å²) in [5.41, 5.74) is -0.941. The van der Waals surface area contributed by atoms with Crippen molar-refractivity contribution in [3.05, 3.63) is 46.9 Å². The molecule has 4 rings (SSSR count).